The fourth-order valence-corrected chi connectivity index (χ4v) is 1.53. The van der Waals surface area contributed by atoms with E-state index in [1.165, 1.54) is 0 Å². The average Bonchev–Trinajstić information content (AvgIpc) is 2.42. The highest BCUT2D eigenvalue weighted by atomic mass is 32.1. The Morgan fingerprint density at radius 3 is 2.33 bits per heavy atom. The number of methoxy groups -OCH3 is 2. The molecule has 0 aromatic heterocycles. The molecule has 0 aliphatic carbocycles. The molecule has 1 aromatic rings. The van der Waals surface area contributed by atoms with Gasteiger partial charge in [-0.2, -0.15) is 0 Å². The maximum atomic E-state index is 5.20. The summed E-state index contributed by atoms with van der Waals surface area (Å²) in [6, 6.07) is 5.70. The smallest absolute Gasteiger partial charge is 0.166 e. The van der Waals surface area contributed by atoms with Crippen molar-refractivity contribution in [3.05, 3.63) is 36.4 Å². The molecule has 0 unspecified atom stereocenters. The number of benzene rings is 1. The standard InChI is InChI=1S/C13H18N2O2S/c1-4-5-14-13(18)15-9-10-6-11(16-2)8-12(7-10)17-3/h4,6-8H,1,5,9H2,2-3H3,(H2,14,15,18). The van der Waals surface area contributed by atoms with Gasteiger partial charge in [0.15, 0.2) is 5.11 Å². The van der Waals surface area contributed by atoms with E-state index in [1.54, 1.807) is 20.3 Å². The number of hydrogen-bond acceptors (Lipinski definition) is 3. The summed E-state index contributed by atoms with van der Waals surface area (Å²) >= 11 is 5.11. The van der Waals surface area contributed by atoms with Crippen LogP contribution >= 0.6 is 12.2 Å². The molecule has 0 atom stereocenters. The van der Waals surface area contributed by atoms with E-state index in [-0.39, 0.29) is 0 Å². The fourth-order valence-electron chi connectivity index (χ4n) is 1.38. The van der Waals surface area contributed by atoms with E-state index >= 15 is 0 Å². The molecule has 0 aliphatic rings. The quantitative estimate of drug-likeness (QED) is 0.607. The molecule has 0 spiro atoms. The maximum absolute atomic E-state index is 5.20. The van der Waals surface area contributed by atoms with Gasteiger partial charge in [-0.3, -0.25) is 0 Å². The van der Waals surface area contributed by atoms with E-state index in [9.17, 15) is 0 Å². The lowest BCUT2D eigenvalue weighted by atomic mass is 10.2. The van der Waals surface area contributed by atoms with Crippen LogP contribution in [0.25, 0.3) is 0 Å². The molecular formula is C13H18N2O2S. The van der Waals surface area contributed by atoms with Gasteiger partial charge in [-0.05, 0) is 29.9 Å². The molecule has 4 nitrogen and oxygen atoms in total. The number of hydrogen-bond donors (Lipinski definition) is 2. The number of rotatable bonds is 6. The lowest BCUT2D eigenvalue weighted by Crippen LogP contribution is -2.34. The molecule has 0 saturated carbocycles. The van der Waals surface area contributed by atoms with Crippen LogP contribution in [0.3, 0.4) is 0 Å². The van der Waals surface area contributed by atoms with Crippen molar-refractivity contribution in [3.63, 3.8) is 0 Å². The van der Waals surface area contributed by atoms with Crippen LogP contribution in [-0.4, -0.2) is 25.9 Å². The summed E-state index contributed by atoms with van der Waals surface area (Å²) in [7, 11) is 3.25. The Bertz CT molecular complexity index is 399. The zero-order valence-electron chi connectivity index (χ0n) is 10.7. The van der Waals surface area contributed by atoms with Gasteiger partial charge >= 0.3 is 0 Å². The van der Waals surface area contributed by atoms with Crippen molar-refractivity contribution in [2.24, 2.45) is 0 Å². The molecule has 0 heterocycles. The molecule has 2 N–H and O–H groups in total. The monoisotopic (exact) mass is 266 g/mol. The van der Waals surface area contributed by atoms with Crippen molar-refractivity contribution in [2.45, 2.75) is 6.54 Å². The van der Waals surface area contributed by atoms with E-state index in [0.29, 0.717) is 18.2 Å². The first-order chi connectivity index (χ1) is 8.69. The van der Waals surface area contributed by atoms with Crippen molar-refractivity contribution in [1.82, 2.24) is 10.6 Å². The van der Waals surface area contributed by atoms with Gasteiger partial charge in [-0.25, -0.2) is 0 Å². The van der Waals surface area contributed by atoms with Crippen LogP contribution in [0, 0.1) is 0 Å². The van der Waals surface area contributed by atoms with Crippen molar-refractivity contribution in [1.29, 1.82) is 0 Å². The first-order valence-corrected chi connectivity index (χ1v) is 5.95. The second-order valence-electron chi connectivity index (χ2n) is 3.57. The van der Waals surface area contributed by atoms with Gasteiger partial charge in [0.2, 0.25) is 0 Å². The van der Waals surface area contributed by atoms with Gasteiger partial charge in [0, 0.05) is 19.2 Å². The van der Waals surface area contributed by atoms with E-state index < -0.39 is 0 Å². The minimum absolute atomic E-state index is 0.594. The van der Waals surface area contributed by atoms with Gasteiger partial charge in [-0.1, -0.05) is 6.08 Å². The second kappa shape index (κ2) is 7.55. The molecule has 5 heteroatoms. The number of thiocarbonyl (C=S) groups is 1. The number of ether oxygens (including phenoxy) is 2. The summed E-state index contributed by atoms with van der Waals surface area (Å²) in [5.41, 5.74) is 1.04. The van der Waals surface area contributed by atoms with Crippen molar-refractivity contribution in [3.8, 4) is 11.5 Å². The van der Waals surface area contributed by atoms with Crippen molar-refractivity contribution < 1.29 is 9.47 Å². The Morgan fingerprint density at radius 2 is 1.83 bits per heavy atom. The SMILES string of the molecule is C=CCNC(=S)NCc1cc(OC)cc(OC)c1. The third kappa shape index (κ3) is 4.63. The lowest BCUT2D eigenvalue weighted by Gasteiger charge is -2.11. The van der Waals surface area contributed by atoms with Gasteiger partial charge < -0.3 is 20.1 Å². The Balaban J connectivity index is 2.60. The van der Waals surface area contributed by atoms with Crippen LogP contribution in [0.1, 0.15) is 5.56 Å². The van der Waals surface area contributed by atoms with Crippen molar-refractivity contribution in [2.75, 3.05) is 20.8 Å². The summed E-state index contributed by atoms with van der Waals surface area (Å²) < 4.78 is 10.4. The molecule has 0 bridgehead atoms. The Labute approximate surface area is 113 Å². The zero-order chi connectivity index (χ0) is 13.4. The first-order valence-electron chi connectivity index (χ1n) is 5.54. The van der Waals surface area contributed by atoms with Gasteiger partial charge in [-0.15, -0.1) is 6.58 Å². The highest BCUT2D eigenvalue weighted by Gasteiger charge is 2.02. The summed E-state index contributed by atoms with van der Waals surface area (Å²) in [5, 5.41) is 6.69. The molecule has 98 valence electrons. The lowest BCUT2D eigenvalue weighted by molar-refractivity contribution is 0.393. The topological polar surface area (TPSA) is 42.5 Å². The maximum Gasteiger partial charge on any atom is 0.166 e. The van der Waals surface area contributed by atoms with Crippen LogP contribution in [0.2, 0.25) is 0 Å². The molecule has 1 aromatic carbocycles. The average molecular weight is 266 g/mol. The molecule has 0 saturated heterocycles. The van der Waals surface area contributed by atoms with Gasteiger partial charge in [0.05, 0.1) is 14.2 Å². The first kappa shape index (κ1) is 14.3. The van der Waals surface area contributed by atoms with E-state index in [1.807, 2.05) is 18.2 Å². The van der Waals surface area contributed by atoms with Crippen LogP contribution in [0.5, 0.6) is 11.5 Å². The predicted octanol–water partition coefficient (Wildman–Crippen LogP) is 1.85. The molecule has 0 amide bonds. The van der Waals surface area contributed by atoms with Crippen molar-refractivity contribution >= 4 is 17.3 Å². The second-order valence-corrected chi connectivity index (χ2v) is 3.98. The summed E-state index contributed by atoms with van der Waals surface area (Å²) in [6.07, 6.45) is 1.75. The largest absolute Gasteiger partial charge is 0.497 e. The van der Waals surface area contributed by atoms with Crippen LogP contribution < -0.4 is 20.1 Å². The van der Waals surface area contributed by atoms with Crippen LogP contribution in [0.4, 0.5) is 0 Å². The Hall–Kier alpha value is -1.75. The normalized spacial score (nSPS) is 9.44. The van der Waals surface area contributed by atoms with Crippen LogP contribution in [-0.2, 0) is 6.54 Å². The summed E-state index contributed by atoms with van der Waals surface area (Å²) in [5.74, 6) is 1.52. The predicted molar refractivity (Wildman–Crippen MR) is 77.2 cm³/mol. The molecule has 18 heavy (non-hydrogen) atoms. The van der Waals surface area contributed by atoms with Gasteiger partial charge in [0.25, 0.3) is 0 Å². The minimum Gasteiger partial charge on any atom is -0.497 e. The molecule has 1 rings (SSSR count). The fraction of sp³-hybridized carbons (Fsp3) is 0.308. The summed E-state index contributed by atoms with van der Waals surface area (Å²) in [6.45, 7) is 4.87. The molecular weight excluding hydrogens is 248 g/mol. The van der Waals surface area contributed by atoms with E-state index in [4.69, 9.17) is 21.7 Å². The number of nitrogens with one attached hydrogen (secondary N) is 2. The Kier molecular flexibility index (Phi) is 6.00. The molecule has 0 fully saturated rings. The molecule has 0 radical (unpaired) electrons. The van der Waals surface area contributed by atoms with Gasteiger partial charge in [0.1, 0.15) is 11.5 Å². The van der Waals surface area contributed by atoms with Crippen LogP contribution in [0.15, 0.2) is 30.9 Å². The highest BCUT2D eigenvalue weighted by molar-refractivity contribution is 7.80. The highest BCUT2D eigenvalue weighted by Crippen LogP contribution is 2.22. The zero-order valence-corrected chi connectivity index (χ0v) is 11.5. The third-order valence-corrected chi connectivity index (χ3v) is 2.56. The third-order valence-electron chi connectivity index (χ3n) is 2.27. The van der Waals surface area contributed by atoms with E-state index in [2.05, 4.69) is 17.2 Å². The Morgan fingerprint density at radius 1 is 1.22 bits per heavy atom. The molecule has 0 aliphatic heterocycles. The minimum atomic E-state index is 0.594. The summed E-state index contributed by atoms with van der Waals surface area (Å²) in [4.78, 5) is 0. The van der Waals surface area contributed by atoms with E-state index in [0.717, 1.165) is 17.1 Å².